The summed E-state index contributed by atoms with van der Waals surface area (Å²) in [6.07, 6.45) is -7.47. The van der Waals surface area contributed by atoms with E-state index in [9.17, 15) is 17.6 Å². The molecule has 2 N–H and O–H groups in total. The van der Waals surface area contributed by atoms with Crippen LogP contribution in [0.4, 0.5) is 17.6 Å². The lowest BCUT2D eigenvalue weighted by Gasteiger charge is -2.13. The third-order valence-electron chi connectivity index (χ3n) is 3.02. The first-order valence-electron chi connectivity index (χ1n) is 4.13. The van der Waals surface area contributed by atoms with E-state index in [0.29, 0.717) is 0 Å². The highest BCUT2D eigenvalue weighted by Crippen LogP contribution is 2.62. The summed E-state index contributed by atoms with van der Waals surface area (Å²) in [7, 11) is 0. The summed E-state index contributed by atoms with van der Waals surface area (Å²) >= 11 is 0. The van der Waals surface area contributed by atoms with Gasteiger partial charge >= 0.3 is 6.18 Å². The fourth-order valence-electron chi connectivity index (χ4n) is 2.02. The molecule has 0 bridgehead atoms. The number of alkyl halides is 4. The van der Waals surface area contributed by atoms with Crippen molar-refractivity contribution < 1.29 is 17.6 Å². The Kier molecular flexibility index (Phi) is 2.35. The molecule has 0 radical (unpaired) electrons. The van der Waals surface area contributed by atoms with Gasteiger partial charge in [-0.05, 0) is 17.9 Å². The zero-order valence-electron chi connectivity index (χ0n) is 7.53. The first-order valence-corrected chi connectivity index (χ1v) is 4.13. The maximum Gasteiger partial charge on any atom is 0.419 e. The van der Waals surface area contributed by atoms with Crippen molar-refractivity contribution in [3.63, 3.8) is 0 Å². The van der Waals surface area contributed by atoms with E-state index >= 15 is 0 Å². The second-order valence-corrected chi connectivity index (χ2v) is 4.13. The first-order chi connectivity index (χ1) is 5.73. The quantitative estimate of drug-likeness (QED) is 0.677. The maximum atomic E-state index is 12.8. The fraction of sp³-hybridized carbons (Fsp3) is 1.00. The van der Waals surface area contributed by atoms with Gasteiger partial charge in [0.05, 0.1) is 0 Å². The fourth-order valence-corrected chi connectivity index (χ4v) is 2.02. The highest BCUT2D eigenvalue weighted by molar-refractivity contribution is 5.09. The Balaban J connectivity index is 2.67. The van der Waals surface area contributed by atoms with Gasteiger partial charge < -0.3 is 5.73 Å². The normalized spacial score (nSPS) is 34.4. The van der Waals surface area contributed by atoms with Crippen molar-refractivity contribution >= 4 is 0 Å². The Morgan fingerprint density at radius 2 is 1.85 bits per heavy atom. The molecule has 1 aliphatic carbocycles. The van der Waals surface area contributed by atoms with Gasteiger partial charge in [0.25, 0.3) is 0 Å². The van der Waals surface area contributed by atoms with Crippen LogP contribution in [0.1, 0.15) is 13.8 Å². The SMILES string of the molecule is CC1(C)C(CN)C1C(F)C(F)(F)F. The highest BCUT2D eigenvalue weighted by Gasteiger charge is 2.66. The first kappa shape index (κ1) is 10.8. The maximum absolute atomic E-state index is 12.8. The Bertz CT molecular complexity index is 199. The van der Waals surface area contributed by atoms with Crippen molar-refractivity contribution in [1.29, 1.82) is 0 Å². The van der Waals surface area contributed by atoms with E-state index in [1.54, 1.807) is 13.8 Å². The molecule has 1 rings (SSSR count). The molecule has 1 fully saturated rings. The summed E-state index contributed by atoms with van der Waals surface area (Å²) in [6.45, 7) is 3.36. The zero-order valence-corrected chi connectivity index (χ0v) is 7.53. The van der Waals surface area contributed by atoms with Gasteiger partial charge in [0.15, 0.2) is 6.17 Å². The minimum Gasteiger partial charge on any atom is -0.330 e. The van der Waals surface area contributed by atoms with E-state index in [1.165, 1.54) is 0 Å². The highest BCUT2D eigenvalue weighted by atomic mass is 19.4. The Morgan fingerprint density at radius 3 is 2.08 bits per heavy atom. The van der Waals surface area contributed by atoms with Crippen LogP contribution in [0.3, 0.4) is 0 Å². The van der Waals surface area contributed by atoms with Crippen LogP contribution in [-0.4, -0.2) is 18.9 Å². The molecule has 0 amide bonds. The van der Waals surface area contributed by atoms with Crippen LogP contribution in [0.5, 0.6) is 0 Å². The lowest BCUT2D eigenvalue weighted by Crippen LogP contribution is -2.28. The van der Waals surface area contributed by atoms with Gasteiger partial charge in [-0.1, -0.05) is 13.8 Å². The lowest BCUT2D eigenvalue weighted by atomic mass is 10.1. The van der Waals surface area contributed by atoms with Gasteiger partial charge in [-0.3, -0.25) is 0 Å². The zero-order chi connectivity index (χ0) is 10.4. The van der Waals surface area contributed by atoms with Gasteiger partial charge in [-0.15, -0.1) is 0 Å². The van der Waals surface area contributed by atoms with Gasteiger partial charge in [0, 0.05) is 5.92 Å². The van der Waals surface area contributed by atoms with E-state index < -0.39 is 23.7 Å². The average molecular weight is 199 g/mol. The molecule has 1 saturated carbocycles. The molecule has 0 spiro atoms. The van der Waals surface area contributed by atoms with Crippen molar-refractivity contribution in [2.24, 2.45) is 23.0 Å². The van der Waals surface area contributed by atoms with Crippen LogP contribution in [0, 0.1) is 17.3 Å². The van der Waals surface area contributed by atoms with E-state index in [0.717, 1.165) is 0 Å². The van der Waals surface area contributed by atoms with Crippen molar-refractivity contribution in [3.05, 3.63) is 0 Å². The molecule has 5 heteroatoms. The van der Waals surface area contributed by atoms with Crippen molar-refractivity contribution in [2.75, 3.05) is 6.54 Å². The number of hydrogen-bond acceptors (Lipinski definition) is 1. The largest absolute Gasteiger partial charge is 0.419 e. The molecular formula is C8H13F4N. The molecule has 0 aromatic heterocycles. The van der Waals surface area contributed by atoms with E-state index in [-0.39, 0.29) is 12.5 Å². The second-order valence-electron chi connectivity index (χ2n) is 4.13. The number of hydrogen-bond donors (Lipinski definition) is 1. The van der Waals surface area contributed by atoms with Crippen molar-refractivity contribution in [3.8, 4) is 0 Å². The van der Waals surface area contributed by atoms with Gasteiger partial charge in [0.2, 0.25) is 0 Å². The molecule has 3 atom stereocenters. The smallest absolute Gasteiger partial charge is 0.330 e. The van der Waals surface area contributed by atoms with Gasteiger partial charge in [-0.2, -0.15) is 13.2 Å². The summed E-state index contributed by atoms with van der Waals surface area (Å²) in [6, 6.07) is 0. The molecule has 1 nitrogen and oxygen atoms in total. The molecule has 0 aliphatic heterocycles. The Hall–Kier alpha value is -0.320. The van der Waals surface area contributed by atoms with E-state index in [1.807, 2.05) is 0 Å². The average Bonchev–Trinajstić information content (AvgIpc) is 2.49. The standard InChI is InChI=1S/C8H13F4N/c1-7(2)4(3-13)5(7)6(9)8(10,11)12/h4-6H,3,13H2,1-2H3. The van der Waals surface area contributed by atoms with Crippen LogP contribution >= 0.6 is 0 Å². The van der Waals surface area contributed by atoms with Crippen molar-refractivity contribution in [2.45, 2.75) is 26.2 Å². The monoisotopic (exact) mass is 199 g/mol. The molecule has 0 aromatic rings. The summed E-state index contributed by atoms with van der Waals surface area (Å²) in [5.41, 5.74) is 4.64. The Labute approximate surface area is 74.3 Å². The second kappa shape index (κ2) is 2.83. The molecule has 78 valence electrons. The minimum absolute atomic E-state index is 0.119. The summed E-state index contributed by atoms with van der Waals surface area (Å²) in [5, 5.41) is 0. The molecule has 3 unspecified atom stereocenters. The molecule has 13 heavy (non-hydrogen) atoms. The third kappa shape index (κ3) is 1.66. The van der Waals surface area contributed by atoms with Crippen LogP contribution < -0.4 is 5.73 Å². The van der Waals surface area contributed by atoms with Crippen LogP contribution in [0.2, 0.25) is 0 Å². The van der Waals surface area contributed by atoms with Crippen molar-refractivity contribution in [1.82, 2.24) is 0 Å². The van der Waals surface area contributed by atoms with Gasteiger partial charge in [-0.25, -0.2) is 4.39 Å². The molecular weight excluding hydrogens is 186 g/mol. The lowest BCUT2D eigenvalue weighted by molar-refractivity contribution is -0.188. The minimum atomic E-state index is -4.74. The van der Waals surface area contributed by atoms with Crippen LogP contribution in [0.25, 0.3) is 0 Å². The summed E-state index contributed by atoms with van der Waals surface area (Å²) < 4.78 is 48.8. The van der Waals surface area contributed by atoms with Crippen LogP contribution in [0.15, 0.2) is 0 Å². The third-order valence-corrected chi connectivity index (χ3v) is 3.02. The van der Waals surface area contributed by atoms with E-state index in [4.69, 9.17) is 5.73 Å². The Morgan fingerprint density at radius 1 is 1.38 bits per heavy atom. The number of nitrogens with two attached hydrogens (primary N) is 1. The van der Waals surface area contributed by atoms with Gasteiger partial charge in [0.1, 0.15) is 0 Å². The molecule has 1 aliphatic rings. The number of halogens is 4. The summed E-state index contributed by atoms with van der Waals surface area (Å²) in [4.78, 5) is 0. The molecule has 0 heterocycles. The number of rotatable bonds is 2. The summed E-state index contributed by atoms with van der Waals surface area (Å²) in [5.74, 6) is -1.30. The van der Waals surface area contributed by atoms with Crippen LogP contribution in [-0.2, 0) is 0 Å². The molecule has 0 aromatic carbocycles. The topological polar surface area (TPSA) is 26.0 Å². The predicted octanol–water partition coefficient (Wildman–Crippen LogP) is 2.12. The predicted molar refractivity (Wildman–Crippen MR) is 40.8 cm³/mol. The van der Waals surface area contributed by atoms with E-state index in [2.05, 4.69) is 0 Å². The molecule has 0 saturated heterocycles.